The number of likely N-dealkylation sites (tertiary alicyclic amines) is 1. The van der Waals surface area contributed by atoms with Crippen molar-refractivity contribution in [3.63, 3.8) is 0 Å². The summed E-state index contributed by atoms with van der Waals surface area (Å²) >= 11 is 0. The van der Waals surface area contributed by atoms with E-state index in [2.05, 4.69) is 35.2 Å². The molecule has 0 N–H and O–H groups in total. The number of hydrogen-bond acceptors (Lipinski definition) is 2. The van der Waals surface area contributed by atoms with Crippen LogP contribution >= 0.6 is 0 Å². The summed E-state index contributed by atoms with van der Waals surface area (Å²) in [6.07, 6.45) is 7.85. The van der Waals surface area contributed by atoms with Gasteiger partial charge in [-0.2, -0.15) is 0 Å². The summed E-state index contributed by atoms with van der Waals surface area (Å²) in [5.41, 5.74) is 1.48. The van der Waals surface area contributed by atoms with Crippen molar-refractivity contribution < 1.29 is 4.74 Å². The van der Waals surface area contributed by atoms with Crippen molar-refractivity contribution in [2.24, 2.45) is 5.92 Å². The minimum absolute atomic E-state index is 0.859. The van der Waals surface area contributed by atoms with Gasteiger partial charge in [0.05, 0.1) is 0 Å². The van der Waals surface area contributed by atoms with Crippen LogP contribution in [0.1, 0.15) is 37.7 Å². The van der Waals surface area contributed by atoms with Gasteiger partial charge in [-0.1, -0.05) is 30.3 Å². The molecule has 1 heterocycles. The van der Waals surface area contributed by atoms with Gasteiger partial charge in [-0.3, -0.25) is 0 Å². The Balaban J connectivity index is 1.59. The summed E-state index contributed by atoms with van der Waals surface area (Å²) in [6, 6.07) is 10.8. The first-order valence-corrected chi connectivity index (χ1v) is 8.13. The van der Waals surface area contributed by atoms with E-state index < -0.39 is 0 Å². The molecule has 0 bridgehead atoms. The average Bonchev–Trinajstić information content (AvgIpc) is 2.51. The molecule has 2 heteroatoms. The third-order valence-corrected chi connectivity index (χ3v) is 4.37. The Morgan fingerprint density at radius 1 is 1.20 bits per heavy atom. The van der Waals surface area contributed by atoms with Gasteiger partial charge in [0, 0.05) is 20.3 Å². The highest BCUT2D eigenvalue weighted by Crippen LogP contribution is 2.20. The van der Waals surface area contributed by atoms with Gasteiger partial charge in [0.15, 0.2) is 0 Å². The molecule has 2 nitrogen and oxygen atoms in total. The fraction of sp³-hybridized carbons (Fsp3) is 0.667. The Morgan fingerprint density at radius 3 is 2.85 bits per heavy atom. The number of nitrogens with zero attached hydrogens (tertiary/aromatic N) is 1. The number of rotatable bonds is 8. The van der Waals surface area contributed by atoms with Crippen molar-refractivity contribution in [2.75, 3.05) is 33.4 Å². The lowest BCUT2D eigenvalue weighted by molar-refractivity contribution is 0.126. The van der Waals surface area contributed by atoms with E-state index in [0.717, 1.165) is 12.5 Å². The lowest BCUT2D eigenvalue weighted by Crippen LogP contribution is -2.36. The van der Waals surface area contributed by atoms with E-state index in [1.54, 1.807) is 0 Å². The molecule has 0 saturated carbocycles. The minimum Gasteiger partial charge on any atom is -0.385 e. The molecule has 0 radical (unpaired) electrons. The zero-order valence-electron chi connectivity index (χ0n) is 12.9. The zero-order valence-corrected chi connectivity index (χ0v) is 12.9. The van der Waals surface area contributed by atoms with Gasteiger partial charge in [-0.05, 0) is 63.1 Å². The molecule has 0 amide bonds. The number of methoxy groups -OCH3 is 1. The van der Waals surface area contributed by atoms with Crippen molar-refractivity contribution in [3.05, 3.63) is 35.9 Å². The molecule has 1 saturated heterocycles. The Hall–Kier alpha value is -0.860. The van der Waals surface area contributed by atoms with Crippen LogP contribution in [-0.4, -0.2) is 38.3 Å². The Kier molecular flexibility index (Phi) is 7.10. The van der Waals surface area contributed by atoms with E-state index in [0.29, 0.717) is 0 Å². The zero-order chi connectivity index (χ0) is 14.0. The summed E-state index contributed by atoms with van der Waals surface area (Å²) < 4.78 is 5.21. The summed E-state index contributed by atoms with van der Waals surface area (Å²) in [4.78, 5) is 2.66. The highest BCUT2D eigenvalue weighted by atomic mass is 16.5. The van der Waals surface area contributed by atoms with E-state index in [4.69, 9.17) is 4.74 Å². The molecule has 1 aliphatic rings. The molecule has 2 rings (SSSR count). The molecule has 1 atom stereocenters. The topological polar surface area (TPSA) is 12.5 Å². The quantitative estimate of drug-likeness (QED) is 0.670. The lowest BCUT2D eigenvalue weighted by atomic mass is 9.95. The molecule has 1 aromatic rings. The highest BCUT2D eigenvalue weighted by Gasteiger charge is 2.18. The van der Waals surface area contributed by atoms with Crippen molar-refractivity contribution in [2.45, 2.75) is 38.5 Å². The molecule has 1 aromatic carbocycles. The third kappa shape index (κ3) is 5.64. The van der Waals surface area contributed by atoms with Crippen LogP contribution in [0.5, 0.6) is 0 Å². The van der Waals surface area contributed by atoms with E-state index in [1.807, 2.05) is 7.11 Å². The number of unbranched alkanes of at least 4 members (excludes halogenated alkanes) is 1. The molecule has 112 valence electrons. The number of hydrogen-bond donors (Lipinski definition) is 0. The first-order valence-electron chi connectivity index (χ1n) is 8.13. The molecule has 0 unspecified atom stereocenters. The van der Waals surface area contributed by atoms with Crippen LogP contribution < -0.4 is 0 Å². The van der Waals surface area contributed by atoms with Crippen LogP contribution in [0.3, 0.4) is 0 Å². The molecule has 0 spiro atoms. The van der Waals surface area contributed by atoms with Crippen LogP contribution in [0.15, 0.2) is 30.3 Å². The maximum absolute atomic E-state index is 5.21. The summed E-state index contributed by atoms with van der Waals surface area (Å²) in [6.45, 7) is 4.78. The van der Waals surface area contributed by atoms with E-state index in [-0.39, 0.29) is 0 Å². The summed E-state index contributed by atoms with van der Waals surface area (Å²) in [7, 11) is 1.81. The molecular weight excluding hydrogens is 246 g/mol. The third-order valence-electron chi connectivity index (χ3n) is 4.37. The minimum atomic E-state index is 0.859. The van der Waals surface area contributed by atoms with Crippen molar-refractivity contribution in [3.8, 4) is 0 Å². The second-order valence-electron chi connectivity index (χ2n) is 6.03. The van der Waals surface area contributed by atoms with Crippen LogP contribution in [-0.2, 0) is 11.2 Å². The Morgan fingerprint density at radius 2 is 2.05 bits per heavy atom. The van der Waals surface area contributed by atoms with Crippen LogP contribution in [0, 0.1) is 5.92 Å². The number of benzene rings is 1. The molecule has 0 aliphatic carbocycles. The standard InChI is InChI=1S/C18H29NO/c1-20-15-12-18-11-7-14-19(16-18)13-6-5-10-17-8-3-2-4-9-17/h2-4,8-9,18H,5-7,10-16H2,1H3/t18-/m0/s1. The van der Waals surface area contributed by atoms with Gasteiger partial charge < -0.3 is 9.64 Å². The van der Waals surface area contributed by atoms with Gasteiger partial charge in [0.1, 0.15) is 0 Å². The fourth-order valence-electron chi connectivity index (χ4n) is 3.18. The first-order chi connectivity index (χ1) is 9.88. The maximum atomic E-state index is 5.21. The van der Waals surface area contributed by atoms with Gasteiger partial charge >= 0.3 is 0 Å². The normalized spacial score (nSPS) is 20.1. The van der Waals surface area contributed by atoms with Gasteiger partial charge in [-0.15, -0.1) is 0 Å². The SMILES string of the molecule is COCC[C@@H]1CCCN(CCCCc2ccccc2)C1. The molecular formula is C18H29NO. The Bertz CT molecular complexity index is 352. The second kappa shape index (κ2) is 9.15. The van der Waals surface area contributed by atoms with Crippen LogP contribution in [0.2, 0.25) is 0 Å². The second-order valence-corrected chi connectivity index (χ2v) is 6.03. The molecule has 20 heavy (non-hydrogen) atoms. The summed E-state index contributed by atoms with van der Waals surface area (Å²) in [5.74, 6) is 0.859. The monoisotopic (exact) mass is 275 g/mol. The number of piperidine rings is 1. The summed E-state index contributed by atoms with van der Waals surface area (Å²) in [5, 5.41) is 0. The highest BCUT2D eigenvalue weighted by molar-refractivity contribution is 5.14. The average molecular weight is 275 g/mol. The Labute approximate surface area is 124 Å². The van der Waals surface area contributed by atoms with E-state index in [9.17, 15) is 0 Å². The molecule has 1 fully saturated rings. The predicted molar refractivity (Wildman–Crippen MR) is 85.0 cm³/mol. The lowest BCUT2D eigenvalue weighted by Gasteiger charge is -2.32. The predicted octanol–water partition coefficient (Wildman–Crippen LogP) is 3.76. The molecule has 0 aromatic heterocycles. The fourth-order valence-corrected chi connectivity index (χ4v) is 3.18. The largest absolute Gasteiger partial charge is 0.385 e. The van der Waals surface area contributed by atoms with Crippen molar-refractivity contribution >= 4 is 0 Å². The number of aryl methyl sites for hydroxylation is 1. The van der Waals surface area contributed by atoms with E-state index in [1.165, 1.54) is 63.7 Å². The van der Waals surface area contributed by atoms with Crippen LogP contribution in [0.4, 0.5) is 0 Å². The van der Waals surface area contributed by atoms with Crippen LogP contribution in [0.25, 0.3) is 0 Å². The van der Waals surface area contributed by atoms with Crippen molar-refractivity contribution in [1.82, 2.24) is 4.90 Å². The van der Waals surface area contributed by atoms with Crippen molar-refractivity contribution in [1.29, 1.82) is 0 Å². The molecule has 1 aliphatic heterocycles. The van der Waals surface area contributed by atoms with Gasteiger partial charge in [-0.25, -0.2) is 0 Å². The van der Waals surface area contributed by atoms with Gasteiger partial charge in [0.25, 0.3) is 0 Å². The smallest absolute Gasteiger partial charge is 0.0465 e. The van der Waals surface area contributed by atoms with Gasteiger partial charge in [0.2, 0.25) is 0 Å². The number of ether oxygens (including phenoxy) is 1. The van der Waals surface area contributed by atoms with E-state index >= 15 is 0 Å². The maximum Gasteiger partial charge on any atom is 0.0465 e. The first kappa shape index (κ1) is 15.5.